The highest BCUT2D eigenvalue weighted by Gasteiger charge is 2.16. The van der Waals surface area contributed by atoms with Gasteiger partial charge in [-0.25, -0.2) is 0 Å². The molecule has 0 spiro atoms. The Bertz CT molecular complexity index is 388. The van der Waals surface area contributed by atoms with Gasteiger partial charge in [0.1, 0.15) is 0 Å². The van der Waals surface area contributed by atoms with E-state index in [1.54, 1.807) is 0 Å². The minimum Gasteiger partial charge on any atom is -0.390 e. The number of aryl methyl sites for hydroxylation is 1. The van der Waals surface area contributed by atoms with Crippen molar-refractivity contribution in [3.63, 3.8) is 0 Å². The largest absolute Gasteiger partial charge is 0.390 e. The van der Waals surface area contributed by atoms with Gasteiger partial charge in [0.25, 0.3) is 0 Å². The number of nitrogens with one attached hydrogen (secondary N) is 1. The maximum atomic E-state index is 10.1. The molecule has 1 saturated heterocycles. The summed E-state index contributed by atoms with van der Waals surface area (Å²) in [5.74, 6) is 0. The Morgan fingerprint density at radius 3 is 2.74 bits per heavy atom. The van der Waals surface area contributed by atoms with Crippen molar-refractivity contribution in [1.29, 1.82) is 0 Å². The fourth-order valence-corrected chi connectivity index (χ4v) is 2.70. The second-order valence-electron chi connectivity index (χ2n) is 5.71. The Hall–Kier alpha value is -0.900. The van der Waals surface area contributed by atoms with Crippen LogP contribution in [-0.2, 0) is 0 Å². The minimum absolute atomic E-state index is 0.273. The Labute approximate surface area is 116 Å². The lowest BCUT2D eigenvalue weighted by Gasteiger charge is -2.22. The molecule has 19 heavy (non-hydrogen) atoms. The van der Waals surface area contributed by atoms with E-state index >= 15 is 0 Å². The summed E-state index contributed by atoms with van der Waals surface area (Å²) in [6.07, 6.45) is 2.28. The SMILES string of the molecule is Cc1cccc([C@@H](C)NCC(O)CN2CCCC2)c1. The van der Waals surface area contributed by atoms with Crippen LogP contribution >= 0.6 is 0 Å². The monoisotopic (exact) mass is 262 g/mol. The third-order valence-electron chi connectivity index (χ3n) is 3.87. The number of hydrogen-bond donors (Lipinski definition) is 2. The molecule has 0 radical (unpaired) electrons. The van der Waals surface area contributed by atoms with E-state index in [1.807, 2.05) is 0 Å². The maximum absolute atomic E-state index is 10.1. The van der Waals surface area contributed by atoms with Crippen molar-refractivity contribution in [2.24, 2.45) is 0 Å². The standard InChI is InChI=1S/C16H26N2O/c1-13-6-5-7-15(10-13)14(2)17-11-16(19)12-18-8-3-4-9-18/h5-7,10,14,16-17,19H,3-4,8-9,11-12H2,1-2H3/t14-,16?/m1/s1. The molecule has 0 amide bonds. The van der Waals surface area contributed by atoms with Crippen molar-refractivity contribution in [3.8, 4) is 0 Å². The van der Waals surface area contributed by atoms with Crippen LogP contribution in [0.4, 0.5) is 0 Å². The third-order valence-corrected chi connectivity index (χ3v) is 3.87. The van der Waals surface area contributed by atoms with Gasteiger partial charge in [-0.3, -0.25) is 0 Å². The molecule has 2 rings (SSSR count). The molecule has 0 aliphatic carbocycles. The zero-order valence-corrected chi connectivity index (χ0v) is 12.1. The molecular formula is C16H26N2O. The molecular weight excluding hydrogens is 236 g/mol. The van der Waals surface area contributed by atoms with Crippen LogP contribution in [0, 0.1) is 6.92 Å². The second kappa shape index (κ2) is 7.04. The first kappa shape index (κ1) is 14.5. The van der Waals surface area contributed by atoms with Crippen LogP contribution in [0.5, 0.6) is 0 Å². The van der Waals surface area contributed by atoms with Crippen LogP contribution < -0.4 is 5.32 Å². The first-order valence-corrected chi connectivity index (χ1v) is 7.35. The van der Waals surface area contributed by atoms with Gasteiger partial charge in [-0.2, -0.15) is 0 Å². The molecule has 2 atom stereocenters. The van der Waals surface area contributed by atoms with Gasteiger partial charge >= 0.3 is 0 Å². The van der Waals surface area contributed by atoms with Gasteiger partial charge < -0.3 is 15.3 Å². The van der Waals surface area contributed by atoms with Crippen molar-refractivity contribution in [2.45, 2.75) is 38.8 Å². The van der Waals surface area contributed by atoms with E-state index in [0.717, 1.165) is 19.6 Å². The molecule has 2 N–H and O–H groups in total. The van der Waals surface area contributed by atoms with Gasteiger partial charge in [0.05, 0.1) is 6.10 Å². The highest BCUT2D eigenvalue weighted by molar-refractivity contribution is 5.24. The van der Waals surface area contributed by atoms with E-state index in [4.69, 9.17) is 0 Å². The van der Waals surface area contributed by atoms with Crippen molar-refractivity contribution < 1.29 is 5.11 Å². The van der Waals surface area contributed by atoms with Gasteiger partial charge in [-0.05, 0) is 45.3 Å². The van der Waals surface area contributed by atoms with Crippen molar-refractivity contribution in [1.82, 2.24) is 10.2 Å². The van der Waals surface area contributed by atoms with Crippen molar-refractivity contribution >= 4 is 0 Å². The van der Waals surface area contributed by atoms with Crippen LogP contribution in [0.15, 0.2) is 24.3 Å². The summed E-state index contributed by atoms with van der Waals surface area (Å²) < 4.78 is 0. The summed E-state index contributed by atoms with van der Waals surface area (Å²) in [6.45, 7) is 8.00. The van der Waals surface area contributed by atoms with Crippen LogP contribution in [0.2, 0.25) is 0 Å². The fourth-order valence-electron chi connectivity index (χ4n) is 2.70. The summed E-state index contributed by atoms with van der Waals surface area (Å²) in [4.78, 5) is 2.35. The molecule has 0 saturated carbocycles. The predicted molar refractivity (Wildman–Crippen MR) is 79.3 cm³/mol. The molecule has 1 aliphatic heterocycles. The first-order valence-electron chi connectivity index (χ1n) is 7.35. The number of aliphatic hydroxyl groups is 1. The van der Waals surface area contributed by atoms with Crippen molar-refractivity contribution in [2.75, 3.05) is 26.2 Å². The molecule has 1 unspecified atom stereocenters. The number of aliphatic hydroxyl groups excluding tert-OH is 1. The average Bonchev–Trinajstić information content (AvgIpc) is 2.88. The van der Waals surface area contributed by atoms with E-state index in [2.05, 4.69) is 48.3 Å². The normalized spacial score (nSPS) is 19.5. The van der Waals surface area contributed by atoms with Crippen LogP contribution in [0.1, 0.15) is 36.9 Å². The van der Waals surface area contributed by atoms with Gasteiger partial charge in [0.15, 0.2) is 0 Å². The zero-order chi connectivity index (χ0) is 13.7. The fraction of sp³-hybridized carbons (Fsp3) is 0.625. The van der Waals surface area contributed by atoms with Gasteiger partial charge in [-0.1, -0.05) is 29.8 Å². The molecule has 1 fully saturated rings. The molecule has 3 nitrogen and oxygen atoms in total. The number of hydrogen-bond acceptors (Lipinski definition) is 3. The van der Waals surface area contributed by atoms with E-state index in [9.17, 15) is 5.11 Å². The lowest BCUT2D eigenvalue weighted by Crippen LogP contribution is -2.37. The smallest absolute Gasteiger partial charge is 0.0791 e. The van der Waals surface area contributed by atoms with Crippen LogP contribution in [0.25, 0.3) is 0 Å². The zero-order valence-electron chi connectivity index (χ0n) is 12.1. The molecule has 106 valence electrons. The predicted octanol–water partition coefficient (Wildman–Crippen LogP) is 2.10. The van der Waals surface area contributed by atoms with Crippen LogP contribution in [-0.4, -0.2) is 42.3 Å². The number of rotatable bonds is 6. The molecule has 1 heterocycles. The summed E-state index contributed by atoms with van der Waals surface area (Å²) in [5, 5.41) is 13.5. The summed E-state index contributed by atoms with van der Waals surface area (Å²) in [6, 6.07) is 8.82. The molecule has 1 aromatic rings. The Kier molecular flexibility index (Phi) is 5.37. The van der Waals surface area contributed by atoms with E-state index in [0.29, 0.717) is 6.54 Å². The Morgan fingerprint density at radius 1 is 1.32 bits per heavy atom. The number of likely N-dealkylation sites (tertiary alicyclic amines) is 1. The Balaban J connectivity index is 1.74. The number of nitrogens with zero attached hydrogens (tertiary/aromatic N) is 1. The van der Waals surface area contributed by atoms with E-state index < -0.39 is 0 Å². The van der Waals surface area contributed by atoms with Gasteiger partial charge in [0, 0.05) is 19.1 Å². The quantitative estimate of drug-likeness (QED) is 0.824. The summed E-state index contributed by atoms with van der Waals surface area (Å²) >= 11 is 0. The topological polar surface area (TPSA) is 35.5 Å². The number of benzene rings is 1. The highest BCUT2D eigenvalue weighted by atomic mass is 16.3. The van der Waals surface area contributed by atoms with E-state index in [-0.39, 0.29) is 12.1 Å². The van der Waals surface area contributed by atoms with Gasteiger partial charge in [-0.15, -0.1) is 0 Å². The average molecular weight is 262 g/mol. The Morgan fingerprint density at radius 2 is 2.05 bits per heavy atom. The molecule has 3 heteroatoms. The number of β-amino-alcohol motifs (C(OH)–C–C–N with tert-alkyl or cyclic N) is 1. The van der Waals surface area contributed by atoms with Crippen molar-refractivity contribution in [3.05, 3.63) is 35.4 Å². The molecule has 0 aromatic heterocycles. The lowest BCUT2D eigenvalue weighted by atomic mass is 10.1. The van der Waals surface area contributed by atoms with Gasteiger partial charge in [0.2, 0.25) is 0 Å². The molecule has 0 bridgehead atoms. The highest BCUT2D eigenvalue weighted by Crippen LogP contribution is 2.14. The summed E-state index contributed by atoms with van der Waals surface area (Å²) in [7, 11) is 0. The first-order chi connectivity index (χ1) is 9.15. The van der Waals surface area contributed by atoms with Crippen LogP contribution in [0.3, 0.4) is 0 Å². The maximum Gasteiger partial charge on any atom is 0.0791 e. The molecule has 1 aliphatic rings. The summed E-state index contributed by atoms with van der Waals surface area (Å²) in [5.41, 5.74) is 2.57. The minimum atomic E-state index is -0.273. The lowest BCUT2D eigenvalue weighted by molar-refractivity contribution is 0.121. The molecule has 1 aromatic carbocycles. The van der Waals surface area contributed by atoms with E-state index in [1.165, 1.54) is 24.0 Å². The second-order valence-corrected chi connectivity index (χ2v) is 5.71. The third kappa shape index (κ3) is 4.60.